The molecule has 0 aromatic rings. The normalized spacial score (nSPS) is 18.3. The van der Waals surface area contributed by atoms with Crippen LogP contribution in [0.3, 0.4) is 0 Å². The van der Waals surface area contributed by atoms with Gasteiger partial charge in [-0.3, -0.25) is 9.69 Å². The Hall–Kier alpha value is -1.06. The van der Waals surface area contributed by atoms with Gasteiger partial charge in [-0.05, 0) is 20.8 Å². The van der Waals surface area contributed by atoms with Gasteiger partial charge in [-0.2, -0.15) is 0 Å². The lowest BCUT2D eigenvalue weighted by Gasteiger charge is -2.31. The van der Waals surface area contributed by atoms with Gasteiger partial charge in [0.25, 0.3) is 0 Å². The minimum absolute atomic E-state index is 0.167. The molecule has 1 aliphatic rings. The van der Waals surface area contributed by atoms with Crippen molar-refractivity contribution >= 4 is 11.9 Å². The molecule has 0 aromatic heterocycles. The Balaban J connectivity index is 2.77. The van der Waals surface area contributed by atoms with Crippen molar-refractivity contribution in [3.05, 3.63) is 0 Å². The zero-order valence-electron chi connectivity index (χ0n) is 8.63. The Bertz CT molecular complexity index is 242. The number of urea groups is 1. The van der Waals surface area contributed by atoms with Crippen LogP contribution in [0.5, 0.6) is 0 Å². The molecule has 0 spiro atoms. The lowest BCUT2D eigenvalue weighted by molar-refractivity contribution is -0.125. The van der Waals surface area contributed by atoms with Crippen LogP contribution >= 0.6 is 0 Å². The SMILES string of the molecule is CC(=O)N1CCN(C(C)(C)C)C1=O. The van der Waals surface area contributed by atoms with Crippen molar-refractivity contribution in [2.75, 3.05) is 13.1 Å². The molecule has 0 unspecified atom stereocenters. The summed E-state index contributed by atoms with van der Waals surface area (Å²) in [7, 11) is 0. The number of nitrogens with zero attached hydrogens (tertiary/aromatic N) is 2. The first kappa shape index (κ1) is 10.0. The van der Waals surface area contributed by atoms with Crippen LogP contribution in [-0.4, -0.2) is 40.4 Å². The number of hydrogen-bond acceptors (Lipinski definition) is 2. The van der Waals surface area contributed by atoms with Crippen molar-refractivity contribution in [1.29, 1.82) is 0 Å². The molecule has 0 saturated carbocycles. The maximum atomic E-state index is 11.6. The topological polar surface area (TPSA) is 40.6 Å². The van der Waals surface area contributed by atoms with Crippen LogP contribution in [0.1, 0.15) is 27.7 Å². The summed E-state index contributed by atoms with van der Waals surface area (Å²) < 4.78 is 0. The Morgan fingerprint density at radius 1 is 1.31 bits per heavy atom. The highest BCUT2D eigenvalue weighted by Crippen LogP contribution is 2.20. The van der Waals surface area contributed by atoms with Crippen LogP contribution in [-0.2, 0) is 4.79 Å². The van der Waals surface area contributed by atoms with Gasteiger partial charge >= 0.3 is 6.03 Å². The smallest absolute Gasteiger partial charge is 0.318 e. The third-order valence-corrected chi connectivity index (χ3v) is 2.20. The van der Waals surface area contributed by atoms with Gasteiger partial charge in [0, 0.05) is 25.6 Å². The van der Waals surface area contributed by atoms with Crippen molar-refractivity contribution in [3.63, 3.8) is 0 Å². The van der Waals surface area contributed by atoms with Crippen LogP contribution in [0.4, 0.5) is 4.79 Å². The Labute approximate surface area is 78.5 Å². The molecule has 0 radical (unpaired) electrons. The van der Waals surface area contributed by atoms with Gasteiger partial charge in [-0.15, -0.1) is 0 Å². The van der Waals surface area contributed by atoms with Gasteiger partial charge < -0.3 is 4.90 Å². The minimum Gasteiger partial charge on any atom is -0.318 e. The first-order chi connectivity index (χ1) is 5.84. The molecule has 0 N–H and O–H groups in total. The molecule has 1 saturated heterocycles. The predicted molar refractivity (Wildman–Crippen MR) is 49.2 cm³/mol. The van der Waals surface area contributed by atoms with Gasteiger partial charge in [0.05, 0.1) is 0 Å². The molecule has 74 valence electrons. The molecule has 4 heteroatoms. The summed E-state index contributed by atoms with van der Waals surface area (Å²) in [5.41, 5.74) is -0.193. The van der Waals surface area contributed by atoms with Crippen molar-refractivity contribution in [2.24, 2.45) is 0 Å². The number of hydrogen-bond donors (Lipinski definition) is 0. The largest absolute Gasteiger partial charge is 0.327 e. The minimum atomic E-state index is -0.193. The number of amides is 3. The standard InChI is InChI=1S/C9H16N2O2/c1-7(12)10-5-6-11(8(10)13)9(2,3)4/h5-6H2,1-4H3. The first-order valence-electron chi connectivity index (χ1n) is 4.44. The molecule has 1 rings (SSSR count). The van der Waals surface area contributed by atoms with Crippen LogP contribution in [0.2, 0.25) is 0 Å². The summed E-state index contributed by atoms with van der Waals surface area (Å²) in [5.74, 6) is -0.170. The number of carbonyl (C=O) groups excluding carboxylic acids is 2. The van der Waals surface area contributed by atoms with Crippen LogP contribution < -0.4 is 0 Å². The van der Waals surface area contributed by atoms with E-state index >= 15 is 0 Å². The zero-order chi connectivity index (χ0) is 10.2. The summed E-state index contributed by atoms with van der Waals surface area (Å²) in [6, 6.07) is -0.167. The van der Waals surface area contributed by atoms with Gasteiger partial charge in [-0.25, -0.2) is 4.79 Å². The summed E-state index contributed by atoms with van der Waals surface area (Å²) in [6.45, 7) is 8.48. The van der Waals surface area contributed by atoms with Gasteiger partial charge in [0.2, 0.25) is 5.91 Å². The highest BCUT2D eigenvalue weighted by Gasteiger charge is 2.37. The number of rotatable bonds is 0. The van der Waals surface area contributed by atoms with E-state index < -0.39 is 0 Å². The van der Waals surface area contributed by atoms with E-state index in [0.29, 0.717) is 13.1 Å². The molecule has 0 aliphatic carbocycles. The monoisotopic (exact) mass is 184 g/mol. The third kappa shape index (κ3) is 1.82. The fourth-order valence-electron chi connectivity index (χ4n) is 1.45. The van der Waals surface area contributed by atoms with Crippen molar-refractivity contribution in [1.82, 2.24) is 9.80 Å². The second-order valence-corrected chi connectivity index (χ2v) is 4.28. The summed E-state index contributed by atoms with van der Waals surface area (Å²) >= 11 is 0. The number of imide groups is 1. The van der Waals surface area contributed by atoms with E-state index in [1.807, 2.05) is 20.8 Å². The van der Waals surface area contributed by atoms with Crippen LogP contribution in [0.25, 0.3) is 0 Å². The molecule has 0 bridgehead atoms. The Morgan fingerprint density at radius 3 is 2.08 bits per heavy atom. The molecule has 1 aliphatic heterocycles. The molecular formula is C9H16N2O2. The molecule has 0 aromatic carbocycles. The van der Waals surface area contributed by atoms with E-state index in [0.717, 1.165) is 0 Å². The van der Waals surface area contributed by atoms with E-state index in [4.69, 9.17) is 0 Å². The molecule has 13 heavy (non-hydrogen) atoms. The fourth-order valence-corrected chi connectivity index (χ4v) is 1.45. The zero-order valence-corrected chi connectivity index (χ0v) is 8.63. The maximum absolute atomic E-state index is 11.6. The van der Waals surface area contributed by atoms with Crippen molar-refractivity contribution in [3.8, 4) is 0 Å². The third-order valence-electron chi connectivity index (χ3n) is 2.20. The molecular weight excluding hydrogens is 168 g/mol. The average Bonchev–Trinajstić information content (AvgIpc) is 2.28. The second kappa shape index (κ2) is 3.01. The van der Waals surface area contributed by atoms with Gasteiger partial charge in [0.15, 0.2) is 0 Å². The first-order valence-corrected chi connectivity index (χ1v) is 4.44. The van der Waals surface area contributed by atoms with E-state index in [1.165, 1.54) is 11.8 Å². The summed E-state index contributed by atoms with van der Waals surface area (Å²) in [5, 5.41) is 0. The molecule has 1 fully saturated rings. The summed E-state index contributed by atoms with van der Waals surface area (Å²) in [6.07, 6.45) is 0. The van der Waals surface area contributed by atoms with Crippen LogP contribution in [0, 0.1) is 0 Å². The van der Waals surface area contributed by atoms with E-state index in [9.17, 15) is 9.59 Å². The van der Waals surface area contributed by atoms with Crippen LogP contribution in [0.15, 0.2) is 0 Å². The van der Waals surface area contributed by atoms with E-state index in [2.05, 4.69) is 0 Å². The molecule has 3 amide bonds. The Kier molecular flexibility index (Phi) is 2.32. The van der Waals surface area contributed by atoms with Crippen molar-refractivity contribution < 1.29 is 9.59 Å². The van der Waals surface area contributed by atoms with E-state index in [1.54, 1.807) is 4.90 Å². The maximum Gasteiger partial charge on any atom is 0.327 e. The lowest BCUT2D eigenvalue weighted by Crippen LogP contribution is -2.45. The highest BCUT2D eigenvalue weighted by atomic mass is 16.2. The number of carbonyl (C=O) groups is 2. The molecule has 0 atom stereocenters. The Morgan fingerprint density at radius 2 is 1.85 bits per heavy atom. The molecule has 1 heterocycles. The second-order valence-electron chi connectivity index (χ2n) is 4.28. The quantitative estimate of drug-likeness (QED) is 0.565. The summed E-state index contributed by atoms with van der Waals surface area (Å²) in [4.78, 5) is 25.6. The van der Waals surface area contributed by atoms with E-state index in [-0.39, 0.29) is 17.5 Å². The van der Waals surface area contributed by atoms with Gasteiger partial charge in [-0.1, -0.05) is 0 Å². The lowest BCUT2D eigenvalue weighted by atomic mass is 10.1. The van der Waals surface area contributed by atoms with Gasteiger partial charge in [0.1, 0.15) is 0 Å². The predicted octanol–water partition coefficient (Wildman–Crippen LogP) is 1.07. The fraction of sp³-hybridized carbons (Fsp3) is 0.778. The van der Waals surface area contributed by atoms with Crippen molar-refractivity contribution in [2.45, 2.75) is 33.2 Å². The molecule has 4 nitrogen and oxygen atoms in total. The highest BCUT2D eigenvalue weighted by molar-refractivity contribution is 5.94. The average molecular weight is 184 g/mol.